The number of nitro groups is 1. The standard InChI is InChI=1S/C17H21N5O4S/c23-22(24)14-4-5-15(16(11-14)27(25,26)21-8-1-2-9-21)19-13-3-6-17-18-7-10-20(17)12-13/h4-5,7,10-11,13,19H,1-3,6,8-9,12H2/t13-/m1/s1. The van der Waals surface area contributed by atoms with Gasteiger partial charge < -0.3 is 9.88 Å². The summed E-state index contributed by atoms with van der Waals surface area (Å²) in [5.41, 5.74) is 0.194. The number of imidazole rings is 1. The summed E-state index contributed by atoms with van der Waals surface area (Å²) in [7, 11) is -3.78. The van der Waals surface area contributed by atoms with Gasteiger partial charge in [-0.05, 0) is 25.3 Å². The van der Waals surface area contributed by atoms with Crippen LogP contribution in [0.15, 0.2) is 35.5 Å². The smallest absolute Gasteiger partial charge is 0.270 e. The number of benzene rings is 1. The van der Waals surface area contributed by atoms with Crippen LogP contribution in [0.5, 0.6) is 0 Å². The minimum Gasteiger partial charge on any atom is -0.379 e. The Bertz CT molecular complexity index is 965. The zero-order valence-corrected chi connectivity index (χ0v) is 15.6. The molecule has 0 aliphatic carbocycles. The molecule has 2 aromatic rings. The van der Waals surface area contributed by atoms with Crippen molar-refractivity contribution in [2.45, 2.75) is 43.2 Å². The van der Waals surface area contributed by atoms with Gasteiger partial charge in [-0.3, -0.25) is 10.1 Å². The monoisotopic (exact) mass is 391 g/mol. The van der Waals surface area contributed by atoms with Gasteiger partial charge in [0.2, 0.25) is 10.0 Å². The first kappa shape index (κ1) is 17.9. The Morgan fingerprint density at radius 1 is 1.26 bits per heavy atom. The predicted molar refractivity (Wildman–Crippen MR) is 99.0 cm³/mol. The molecular formula is C17H21N5O4S. The Labute approximate surface area is 157 Å². The second-order valence-corrected chi connectivity index (χ2v) is 8.83. The summed E-state index contributed by atoms with van der Waals surface area (Å²) >= 11 is 0. The predicted octanol–water partition coefficient (Wildman–Crippen LogP) is 2.00. The molecule has 1 saturated heterocycles. The van der Waals surface area contributed by atoms with Crippen LogP contribution in [0, 0.1) is 10.1 Å². The Morgan fingerprint density at radius 2 is 2.04 bits per heavy atom. The van der Waals surface area contributed by atoms with Crippen LogP contribution < -0.4 is 5.32 Å². The van der Waals surface area contributed by atoms with Crippen LogP contribution in [0.1, 0.15) is 25.1 Å². The molecule has 4 rings (SSSR count). The van der Waals surface area contributed by atoms with E-state index in [2.05, 4.69) is 10.3 Å². The molecular weight excluding hydrogens is 370 g/mol. The number of fused-ring (bicyclic) bond motifs is 1. The van der Waals surface area contributed by atoms with E-state index in [1.54, 1.807) is 6.20 Å². The van der Waals surface area contributed by atoms with Crippen LogP contribution >= 0.6 is 0 Å². The van der Waals surface area contributed by atoms with Crippen LogP contribution in [-0.4, -0.2) is 46.3 Å². The number of nitrogens with zero attached hydrogens (tertiary/aromatic N) is 4. The number of nitrogens with one attached hydrogen (secondary N) is 1. The molecule has 2 aliphatic rings. The molecule has 3 heterocycles. The lowest BCUT2D eigenvalue weighted by atomic mass is 10.1. The third kappa shape index (κ3) is 3.42. The molecule has 1 fully saturated rings. The van der Waals surface area contributed by atoms with E-state index < -0.39 is 14.9 Å². The van der Waals surface area contributed by atoms with E-state index in [9.17, 15) is 18.5 Å². The third-order valence-electron chi connectivity index (χ3n) is 5.15. The summed E-state index contributed by atoms with van der Waals surface area (Å²) in [6, 6.07) is 4.05. The second kappa shape index (κ2) is 6.93. The lowest BCUT2D eigenvalue weighted by molar-refractivity contribution is -0.385. The summed E-state index contributed by atoms with van der Waals surface area (Å²) < 4.78 is 29.6. The summed E-state index contributed by atoms with van der Waals surface area (Å²) in [6.45, 7) is 1.58. The van der Waals surface area contributed by atoms with Gasteiger partial charge in [0.1, 0.15) is 10.7 Å². The Hall–Kier alpha value is -2.46. The lowest BCUT2D eigenvalue weighted by Gasteiger charge is -2.27. The minimum absolute atomic E-state index is 0.0185. The van der Waals surface area contributed by atoms with Crippen LogP contribution in [0.4, 0.5) is 11.4 Å². The summed E-state index contributed by atoms with van der Waals surface area (Å²) in [4.78, 5) is 14.9. The summed E-state index contributed by atoms with van der Waals surface area (Å²) in [5.74, 6) is 1.02. The van der Waals surface area contributed by atoms with Gasteiger partial charge in [0.05, 0.1) is 10.6 Å². The quantitative estimate of drug-likeness (QED) is 0.617. The number of nitro benzene ring substituents is 1. The van der Waals surface area contributed by atoms with Crippen LogP contribution in [-0.2, 0) is 23.0 Å². The van der Waals surface area contributed by atoms with E-state index in [1.807, 2.05) is 10.8 Å². The molecule has 1 N–H and O–H groups in total. The van der Waals surface area contributed by atoms with Crippen LogP contribution in [0.25, 0.3) is 0 Å². The molecule has 0 spiro atoms. The van der Waals surface area contributed by atoms with E-state index >= 15 is 0 Å². The van der Waals surface area contributed by atoms with Gasteiger partial charge >= 0.3 is 0 Å². The molecule has 0 bridgehead atoms. The highest BCUT2D eigenvalue weighted by atomic mass is 32.2. The molecule has 0 saturated carbocycles. The van der Waals surface area contributed by atoms with Crippen molar-refractivity contribution in [1.82, 2.24) is 13.9 Å². The van der Waals surface area contributed by atoms with Crippen molar-refractivity contribution in [3.8, 4) is 0 Å². The van der Waals surface area contributed by atoms with Crippen molar-refractivity contribution in [2.75, 3.05) is 18.4 Å². The van der Waals surface area contributed by atoms with E-state index in [1.165, 1.54) is 22.5 Å². The Kier molecular flexibility index (Phi) is 4.60. The topological polar surface area (TPSA) is 110 Å². The largest absolute Gasteiger partial charge is 0.379 e. The highest BCUT2D eigenvalue weighted by Gasteiger charge is 2.32. The number of sulfonamides is 1. The molecule has 0 radical (unpaired) electrons. The first-order valence-corrected chi connectivity index (χ1v) is 10.4. The van der Waals surface area contributed by atoms with Crippen molar-refractivity contribution >= 4 is 21.4 Å². The maximum atomic E-state index is 13.1. The fourth-order valence-corrected chi connectivity index (χ4v) is 5.42. The van der Waals surface area contributed by atoms with E-state index in [0.717, 1.165) is 31.5 Å². The van der Waals surface area contributed by atoms with Gasteiger partial charge in [0.25, 0.3) is 5.69 Å². The molecule has 1 atom stereocenters. The maximum Gasteiger partial charge on any atom is 0.270 e. The van der Waals surface area contributed by atoms with Gasteiger partial charge in [-0.25, -0.2) is 13.4 Å². The Morgan fingerprint density at radius 3 is 2.78 bits per heavy atom. The highest BCUT2D eigenvalue weighted by molar-refractivity contribution is 7.89. The summed E-state index contributed by atoms with van der Waals surface area (Å²) in [5, 5.41) is 14.5. The van der Waals surface area contributed by atoms with Gasteiger partial charge in [0.15, 0.2) is 0 Å². The highest BCUT2D eigenvalue weighted by Crippen LogP contribution is 2.32. The number of hydrogen-bond donors (Lipinski definition) is 1. The molecule has 27 heavy (non-hydrogen) atoms. The molecule has 9 nitrogen and oxygen atoms in total. The SMILES string of the molecule is O=[N+]([O-])c1ccc(N[C@@H]2CCc3nccn3C2)c(S(=O)(=O)N2CCCC2)c1. The fraction of sp³-hybridized carbons (Fsp3) is 0.471. The van der Waals surface area contributed by atoms with Crippen molar-refractivity contribution in [3.63, 3.8) is 0 Å². The van der Waals surface area contributed by atoms with Crippen molar-refractivity contribution < 1.29 is 13.3 Å². The van der Waals surface area contributed by atoms with Gasteiger partial charge in [-0.1, -0.05) is 0 Å². The summed E-state index contributed by atoms with van der Waals surface area (Å²) in [6.07, 6.45) is 6.89. The average Bonchev–Trinajstić information content (AvgIpc) is 3.33. The molecule has 1 aromatic heterocycles. The van der Waals surface area contributed by atoms with E-state index in [4.69, 9.17) is 0 Å². The number of aromatic nitrogens is 2. The maximum absolute atomic E-state index is 13.1. The molecule has 2 aliphatic heterocycles. The zero-order valence-electron chi connectivity index (χ0n) is 14.7. The van der Waals surface area contributed by atoms with Crippen molar-refractivity contribution in [3.05, 3.63) is 46.5 Å². The number of rotatable bonds is 5. The van der Waals surface area contributed by atoms with E-state index in [-0.39, 0.29) is 16.6 Å². The van der Waals surface area contributed by atoms with Gasteiger partial charge in [-0.15, -0.1) is 0 Å². The van der Waals surface area contributed by atoms with Gasteiger partial charge in [-0.2, -0.15) is 4.31 Å². The number of anilines is 1. The van der Waals surface area contributed by atoms with E-state index in [0.29, 0.717) is 25.3 Å². The number of aryl methyl sites for hydroxylation is 1. The average molecular weight is 391 g/mol. The zero-order chi connectivity index (χ0) is 19.0. The second-order valence-electron chi connectivity index (χ2n) is 6.92. The van der Waals surface area contributed by atoms with Gasteiger partial charge in [0, 0.05) is 56.6 Å². The fourth-order valence-electron chi connectivity index (χ4n) is 3.73. The first-order valence-electron chi connectivity index (χ1n) is 9.00. The Balaban J connectivity index is 1.67. The number of hydrogen-bond acceptors (Lipinski definition) is 6. The minimum atomic E-state index is -3.78. The number of non-ortho nitro benzene ring substituents is 1. The third-order valence-corrected chi connectivity index (χ3v) is 7.09. The lowest BCUT2D eigenvalue weighted by Crippen LogP contribution is -2.33. The molecule has 1 aromatic carbocycles. The molecule has 0 amide bonds. The normalized spacial score (nSPS) is 20.4. The molecule has 10 heteroatoms. The van der Waals surface area contributed by atoms with Crippen LogP contribution in [0.3, 0.4) is 0 Å². The molecule has 0 unspecified atom stereocenters. The van der Waals surface area contributed by atoms with Crippen molar-refractivity contribution in [1.29, 1.82) is 0 Å². The molecule has 144 valence electrons. The van der Waals surface area contributed by atoms with Crippen LogP contribution in [0.2, 0.25) is 0 Å². The first-order chi connectivity index (χ1) is 12.9. The van der Waals surface area contributed by atoms with Crippen molar-refractivity contribution in [2.24, 2.45) is 0 Å².